The zero-order valence-electron chi connectivity index (χ0n) is 38.2. The second kappa shape index (κ2) is 21.1. The Balaban J connectivity index is 2.18. The number of ether oxygens (including phenoxy) is 6. The fourth-order valence-corrected chi connectivity index (χ4v) is 9.41. The summed E-state index contributed by atoms with van der Waals surface area (Å²) in [5.74, 6) is -2.91. The molecule has 0 aromatic rings. The SMILES string of the molecule is CCCNC[C@]1(O)[C@H](C)O[C@@H](O[C@H]2[C@H](C)[C@@H](O[C@@H]3O[C@H](C)C[C@H](N(C)C(=O)NC)[C@H]3O)[C@](C)(O)C[C@@H](C)CN[C@H](C)[C@@H](O)[C@](C)(O)[C@@H](CC)OC(=O)[C@@H]2C)C[C@@]1(C)OC. The normalized spacial score (nSPS) is 45.8. The molecule has 0 spiro atoms. The first-order chi connectivity index (χ1) is 27.3. The van der Waals surface area contributed by atoms with E-state index in [1.54, 1.807) is 55.5 Å². The zero-order valence-corrected chi connectivity index (χ0v) is 38.2. The van der Waals surface area contributed by atoms with Gasteiger partial charge in [-0.05, 0) is 93.2 Å². The second-order valence-corrected chi connectivity index (χ2v) is 18.4. The van der Waals surface area contributed by atoms with Crippen molar-refractivity contribution >= 4 is 12.0 Å². The maximum atomic E-state index is 14.4. The van der Waals surface area contributed by atoms with Crippen LogP contribution in [0.4, 0.5) is 4.79 Å². The number of hydrogen-bond donors (Lipinski definition) is 8. The van der Waals surface area contributed by atoms with Gasteiger partial charge >= 0.3 is 12.0 Å². The number of esters is 1. The van der Waals surface area contributed by atoms with Gasteiger partial charge in [0.15, 0.2) is 12.6 Å². The molecule has 3 saturated heterocycles. The molecule has 17 heteroatoms. The van der Waals surface area contributed by atoms with Crippen molar-refractivity contribution in [3.05, 3.63) is 0 Å². The molecule has 3 rings (SSSR count). The first kappa shape index (κ1) is 51.6. The van der Waals surface area contributed by atoms with Crippen LogP contribution >= 0.6 is 0 Å². The van der Waals surface area contributed by atoms with Crippen molar-refractivity contribution in [2.24, 2.45) is 17.8 Å². The zero-order chi connectivity index (χ0) is 44.8. The summed E-state index contributed by atoms with van der Waals surface area (Å²) in [5.41, 5.74) is -6.14. The van der Waals surface area contributed by atoms with Crippen molar-refractivity contribution in [1.29, 1.82) is 0 Å². The van der Waals surface area contributed by atoms with Crippen LogP contribution in [0.2, 0.25) is 0 Å². The first-order valence-corrected chi connectivity index (χ1v) is 21.6. The van der Waals surface area contributed by atoms with Crippen LogP contribution in [0, 0.1) is 17.8 Å². The van der Waals surface area contributed by atoms with E-state index in [2.05, 4.69) is 16.0 Å². The lowest BCUT2D eigenvalue weighted by atomic mass is 9.75. The number of methoxy groups -OCH3 is 1. The molecule has 3 aliphatic heterocycles. The number of aliphatic hydroxyl groups excluding tert-OH is 2. The third-order valence-corrected chi connectivity index (χ3v) is 13.4. The number of amides is 2. The van der Waals surface area contributed by atoms with Gasteiger partial charge < -0.3 is 74.8 Å². The Hall–Kier alpha value is -1.74. The molecule has 2 amide bonds. The minimum Gasteiger partial charge on any atom is -0.459 e. The summed E-state index contributed by atoms with van der Waals surface area (Å²) in [5, 5.41) is 68.6. The lowest BCUT2D eigenvalue weighted by Crippen LogP contribution is -2.70. The molecule has 0 aromatic carbocycles. The summed E-state index contributed by atoms with van der Waals surface area (Å²) in [6.07, 6.45) is -8.09. The lowest BCUT2D eigenvalue weighted by Gasteiger charge is -2.53. The maximum absolute atomic E-state index is 14.4. The molecule has 0 unspecified atom stereocenters. The molecule has 3 heterocycles. The number of urea groups is 1. The number of carbonyl (C=O) groups is 2. The molecule has 0 bridgehead atoms. The molecule has 0 aromatic heterocycles. The average molecular weight is 849 g/mol. The van der Waals surface area contributed by atoms with Crippen molar-refractivity contribution in [2.75, 3.05) is 40.8 Å². The van der Waals surface area contributed by atoms with Gasteiger partial charge in [0.05, 0.1) is 42.0 Å². The van der Waals surface area contributed by atoms with Crippen LogP contribution in [0.25, 0.3) is 0 Å². The molecule has 59 heavy (non-hydrogen) atoms. The topological polar surface area (TPSA) is 230 Å². The van der Waals surface area contributed by atoms with Crippen molar-refractivity contribution in [3.8, 4) is 0 Å². The Morgan fingerprint density at radius 3 is 2.22 bits per heavy atom. The number of nitrogens with zero attached hydrogens (tertiary/aromatic N) is 1. The number of likely N-dealkylation sites (N-methyl/N-ethyl adjacent to an activating group) is 1. The van der Waals surface area contributed by atoms with Crippen LogP contribution in [-0.2, 0) is 33.2 Å². The molecule has 0 radical (unpaired) electrons. The largest absolute Gasteiger partial charge is 0.459 e. The monoisotopic (exact) mass is 849 g/mol. The van der Waals surface area contributed by atoms with Gasteiger partial charge in [0, 0.05) is 46.1 Å². The summed E-state index contributed by atoms with van der Waals surface area (Å²) >= 11 is 0. The minimum absolute atomic E-state index is 0.0552. The van der Waals surface area contributed by atoms with Crippen LogP contribution in [0.15, 0.2) is 0 Å². The van der Waals surface area contributed by atoms with E-state index in [0.717, 1.165) is 6.42 Å². The molecule has 17 nitrogen and oxygen atoms in total. The van der Waals surface area contributed by atoms with Gasteiger partial charge in [-0.15, -0.1) is 0 Å². The molecule has 3 aliphatic rings. The molecule has 18 atom stereocenters. The van der Waals surface area contributed by atoms with Crippen molar-refractivity contribution in [3.63, 3.8) is 0 Å². The standard InChI is InChI=1S/C42H80N4O13/c1-15-17-44-22-42(53)28(8)56-31(20-40(42,10)54-14)58-33-25(5)35(59-37-32(47)29(18-24(4)55-37)46(13)38(50)43-12)39(9,51)19-23(3)21-45-27(7)34(48)41(11,52)30(16-2)57-36(49)26(33)6/h23-35,37,44-45,47-48,51-53H,15-22H2,1-14H3,(H,43,50)/t23-,24-,25+,26-,27-,28+,29+,30-,31+,32-,33+,34-,35-,37+,39-,40-,41-,42+/m1/s1. The highest BCUT2D eigenvalue weighted by atomic mass is 16.7. The van der Waals surface area contributed by atoms with E-state index in [1.807, 2.05) is 20.8 Å². The summed E-state index contributed by atoms with van der Waals surface area (Å²) in [6.45, 7) is 20.4. The first-order valence-electron chi connectivity index (χ1n) is 21.6. The summed E-state index contributed by atoms with van der Waals surface area (Å²) in [6, 6.07) is -1.73. The fraction of sp³-hybridized carbons (Fsp3) is 0.952. The fourth-order valence-electron chi connectivity index (χ4n) is 9.41. The van der Waals surface area contributed by atoms with Gasteiger partial charge in [0.2, 0.25) is 0 Å². The summed E-state index contributed by atoms with van der Waals surface area (Å²) in [7, 11) is 4.59. The Labute approximate surface area is 352 Å². The van der Waals surface area contributed by atoms with E-state index in [-0.39, 0.29) is 31.7 Å². The van der Waals surface area contributed by atoms with E-state index < -0.39 is 114 Å². The Kier molecular flexibility index (Phi) is 18.4. The second-order valence-electron chi connectivity index (χ2n) is 18.4. The summed E-state index contributed by atoms with van der Waals surface area (Å²) in [4.78, 5) is 28.5. The van der Waals surface area contributed by atoms with Crippen LogP contribution in [0.1, 0.15) is 108 Å². The summed E-state index contributed by atoms with van der Waals surface area (Å²) < 4.78 is 38.2. The van der Waals surface area contributed by atoms with Crippen LogP contribution in [-0.4, -0.2) is 173 Å². The van der Waals surface area contributed by atoms with E-state index in [1.165, 1.54) is 26.0 Å². The predicted octanol–water partition coefficient (Wildman–Crippen LogP) is 1.64. The molecular weight excluding hydrogens is 768 g/mol. The van der Waals surface area contributed by atoms with E-state index >= 15 is 0 Å². The smallest absolute Gasteiger partial charge is 0.317 e. The molecular formula is C42H80N4O13. The predicted molar refractivity (Wildman–Crippen MR) is 220 cm³/mol. The van der Waals surface area contributed by atoms with Gasteiger partial charge in [-0.2, -0.15) is 0 Å². The van der Waals surface area contributed by atoms with Crippen molar-refractivity contribution < 1.29 is 63.5 Å². The van der Waals surface area contributed by atoms with E-state index in [4.69, 9.17) is 28.4 Å². The quantitative estimate of drug-likeness (QED) is 0.109. The number of rotatable bonds is 11. The van der Waals surface area contributed by atoms with Crippen LogP contribution in [0.5, 0.6) is 0 Å². The van der Waals surface area contributed by atoms with E-state index in [9.17, 15) is 35.1 Å². The molecule has 0 saturated carbocycles. The number of cyclic esters (lactones) is 1. The van der Waals surface area contributed by atoms with Crippen LogP contribution in [0.3, 0.4) is 0 Å². The number of aliphatic hydroxyl groups is 5. The molecule has 3 fully saturated rings. The third kappa shape index (κ3) is 11.6. The Morgan fingerprint density at radius 2 is 1.64 bits per heavy atom. The Morgan fingerprint density at radius 1 is 1.00 bits per heavy atom. The minimum atomic E-state index is -1.85. The highest BCUT2D eigenvalue weighted by Gasteiger charge is 2.58. The molecule has 8 N–H and O–H groups in total. The van der Waals surface area contributed by atoms with Crippen molar-refractivity contribution in [2.45, 2.75) is 198 Å². The maximum Gasteiger partial charge on any atom is 0.317 e. The van der Waals surface area contributed by atoms with Gasteiger partial charge in [0.25, 0.3) is 0 Å². The van der Waals surface area contributed by atoms with Gasteiger partial charge in [-0.1, -0.05) is 27.7 Å². The van der Waals surface area contributed by atoms with Gasteiger partial charge in [-0.25, -0.2) is 4.79 Å². The Bertz CT molecular complexity index is 1340. The number of hydrogen-bond acceptors (Lipinski definition) is 15. The van der Waals surface area contributed by atoms with Crippen LogP contribution < -0.4 is 16.0 Å². The highest BCUT2D eigenvalue weighted by Crippen LogP contribution is 2.43. The number of carbonyl (C=O) groups excluding carboxylic acids is 2. The third-order valence-electron chi connectivity index (χ3n) is 13.4. The lowest BCUT2D eigenvalue weighted by molar-refractivity contribution is -0.336. The average Bonchev–Trinajstić information content (AvgIpc) is 3.18. The number of nitrogens with one attached hydrogen (secondary N) is 3. The highest BCUT2D eigenvalue weighted by molar-refractivity contribution is 5.74. The molecule has 346 valence electrons. The van der Waals surface area contributed by atoms with Crippen molar-refractivity contribution in [1.82, 2.24) is 20.9 Å². The van der Waals surface area contributed by atoms with E-state index in [0.29, 0.717) is 19.5 Å². The van der Waals surface area contributed by atoms with Gasteiger partial charge in [0.1, 0.15) is 35.1 Å². The molecule has 0 aliphatic carbocycles. The van der Waals surface area contributed by atoms with Gasteiger partial charge in [-0.3, -0.25) is 4.79 Å².